The number of hydrogen-bond donors (Lipinski definition) is 2. The van der Waals surface area contributed by atoms with Crippen LogP contribution in [-0.4, -0.2) is 16.1 Å². The molecule has 2 rings (SSSR count). The first-order valence-corrected chi connectivity index (χ1v) is 6.14. The van der Waals surface area contributed by atoms with Crippen molar-refractivity contribution in [3.8, 4) is 0 Å². The van der Waals surface area contributed by atoms with Gasteiger partial charge in [-0.2, -0.15) is 0 Å². The highest BCUT2D eigenvalue weighted by Crippen LogP contribution is 2.25. The van der Waals surface area contributed by atoms with Crippen molar-refractivity contribution in [1.82, 2.24) is 15.6 Å². The lowest BCUT2D eigenvalue weighted by Crippen LogP contribution is -2.30. The van der Waals surface area contributed by atoms with Crippen LogP contribution in [0.15, 0.2) is 26.6 Å². The zero-order chi connectivity index (χ0) is 11.4. The summed E-state index contributed by atoms with van der Waals surface area (Å²) in [4.78, 5) is 11.3. The predicted molar refractivity (Wildman–Crippen MR) is 59.8 cm³/mol. The molecule has 0 saturated carbocycles. The third-order valence-corrected chi connectivity index (χ3v) is 3.65. The molecule has 0 aromatic carbocycles. The number of furan rings is 1. The number of carbonyl (C=O) groups is 1. The first-order chi connectivity index (χ1) is 7.81. The molecule has 2 aromatic heterocycles. The number of thioether (sulfide) groups is 1. The summed E-state index contributed by atoms with van der Waals surface area (Å²) in [6.07, 6.45) is 1.46. The first-order valence-electron chi connectivity index (χ1n) is 4.27. The van der Waals surface area contributed by atoms with Gasteiger partial charge in [0.15, 0.2) is 4.34 Å². The molecule has 0 aliphatic rings. The summed E-state index contributed by atoms with van der Waals surface area (Å²) in [5.41, 5.74) is 4.16. The van der Waals surface area contributed by atoms with Crippen molar-refractivity contribution in [3.05, 3.63) is 29.2 Å². The Morgan fingerprint density at radius 3 is 3.25 bits per heavy atom. The zero-order valence-electron chi connectivity index (χ0n) is 8.04. The summed E-state index contributed by atoms with van der Waals surface area (Å²) in [7, 11) is 0. The molecule has 0 unspecified atom stereocenters. The molecule has 2 aromatic rings. The molecule has 6 nitrogen and oxygen atoms in total. The fourth-order valence-corrected chi connectivity index (χ4v) is 2.53. The van der Waals surface area contributed by atoms with Crippen LogP contribution in [-0.2, 0) is 5.75 Å². The molecule has 2 heterocycles. The molecular formula is C8H8N4O2S2. The highest BCUT2D eigenvalue weighted by atomic mass is 32.2. The summed E-state index contributed by atoms with van der Waals surface area (Å²) >= 11 is 2.90. The minimum atomic E-state index is -0.360. The van der Waals surface area contributed by atoms with E-state index in [1.807, 2.05) is 0 Å². The van der Waals surface area contributed by atoms with Gasteiger partial charge in [0.2, 0.25) is 0 Å². The van der Waals surface area contributed by atoms with Gasteiger partial charge in [0.1, 0.15) is 11.3 Å². The van der Waals surface area contributed by atoms with Crippen molar-refractivity contribution in [3.63, 3.8) is 0 Å². The zero-order valence-corrected chi connectivity index (χ0v) is 9.68. The van der Waals surface area contributed by atoms with Gasteiger partial charge in [-0.15, -0.1) is 10.2 Å². The lowest BCUT2D eigenvalue weighted by molar-refractivity contribution is 0.0952. The minimum absolute atomic E-state index is 0.360. The maximum absolute atomic E-state index is 11.3. The number of carbonyl (C=O) groups excluding carboxylic acids is 1. The van der Waals surface area contributed by atoms with Gasteiger partial charge in [-0.25, -0.2) is 5.84 Å². The molecule has 1 amide bonds. The van der Waals surface area contributed by atoms with E-state index in [1.54, 1.807) is 11.6 Å². The van der Waals surface area contributed by atoms with Crippen molar-refractivity contribution in [1.29, 1.82) is 0 Å². The standard InChI is InChI=1S/C8H8N4O2S2/c9-11-7(13)5-1-2-14-6(5)3-15-8-12-10-4-16-8/h1-2,4H,3,9H2,(H,11,13). The lowest BCUT2D eigenvalue weighted by atomic mass is 10.2. The summed E-state index contributed by atoms with van der Waals surface area (Å²) in [6, 6.07) is 1.58. The van der Waals surface area contributed by atoms with Crippen molar-refractivity contribution >= 4 is 29.0 Å². The van der Waals surface area contributed by atoms with E-state index in [1.165, 1.54) is 29.4 Å². The molecule has 3 N–H and O–H groups in total. The number of nitrogens with one attached hydrogen (secondary N) is 1. The van der Waals surface area contributed by atoms with Gasteiger partial charge in [0, 0.05) is 0 Å². The van der Waals surface area contributed by atoms with Gasteiger partial charge < -0.3 is 4.42 Å². The van der Waals surface area contributed by atoms with E-state index >= 15 is 0 Å². The van der Waals surface area contributed by atoms with Crippen LogP contribution in [0.2, 0.25) is 0 Å². The molecule has 0 saturated heterocycles. The van der Waals surface area contributed by atoms with Gasteiger partial charge in [-0.05, 0) is 6.07 Å². The Morgan fingerprint density at radius 1 is 1.69 bits per heavy atom. The van der Waals surface area contributed by atoms with Crippen LogP contribution in [0.1, 0.15) is 16.1 Å². The monoisotopic (exact) mass is 256 g/mol. The molecule has 16 heavy (non-hydrogen) atoms. The third-order valence-electron chi connectivity index (χ3n) is 1.79. The van der Waals surface area contributed by atoms with Crippen LogP contribution in [0.25, 0.3) is 0 Å². The molecular weight excluding hydrogens is 248 g/mol. The second-order valence-electron chi connectivity index (χ2n) is 2.72. The second kappa shape index (κ2) is 5.10. The van der Waals surface area contributed by atoms with Gasteiger partial charge >= 0.3 is 0 Å². The van der Waals surface area contributed by atoms with E-state index in [-0.39, 0.29) is 5.91 Å². The smallest absolute Gasteiger partial charge is 0.268 e. The lowest BCUT2D eigenvalue weighted by Gasteiger charge is -1.99. The molecule has 0 spiro atoms. The summed E-state index contributed by atoms with van der Waals surface area (Å²) in [5.74, 6) is 5.79. The van der Waals surface area contributed by atoms with Crippen molar-refractivity contribution in [2.75, 3.05) is 0 Å². The van der Waals surface area contributed by atoms with E-state index in [4.69, 9.17) is 10.3 Å². The number of aromatic nitrogens is 2. The van der Waals surface area contributed by atoms with Crippen LogP contribution in [0, 0.1) is 0 Å². The van der Waals surface area contributed by atoms with E-state index in [0.29, 0.717) is 17.1 Å². The van der Waals surface area contributed by atoms with Crippen LogP contribution < -0.4 is 11.3 Å². The normalized spacial score (nSPS) is 10.3. The molecule has 0 bridgehead atoms. The van der Waals surface area contributed by atoms with Gasteiger partial charge in [-0.3, -0.25) is 10.2 Å². The van der Waals surface area contributed by atoms with Crippen LogP contribution >= 0.6 is 23.1 Å². The molecule has 84 valence electrons. The quantitative estimate of drug-likeness (QED) is 0.367. The first kappa shape index (κ1) is 11.1. The highest BCUT2D eigenvalue weighted by Gasteiger charge is 2.14. The number of hydrazine groups is 1. The topological polar surface area (TPSA) is 94.0 Å². The van der Waals surface area contributed by atoms with Gasteiger partial charge in [0.25, 0.3) is 5.91 Å². The predicted octanol–water partition coefficient (Wildman–Crippen LogP) is 1.03. The van der Waals surface area contributed by atoms with E-state index in [2.05, 4.69) is 15.6 Å². The molecule has 8 heteroatoms. The van der Waals surface area contributed by atoms with Crippen LogP contribution in [0.3, 0.4) is 0 Å². The Kier molecular flexibility index (Phi) is 3.54. The van der Waals surface area contributed by atoms with Crippen LogP contribution in [0.4, 0.5) is 0 Å². The van der Waals surface area contributed by atoms with Gasteiger partial charge in [-0.1, -0.05) is 23.1 Å². The second-order valence-corrected chi connectivity index (χ2v) is 4.78. The average molecular weight is 256 g/mol. The fourth-order valence-electron chi connectivity index (χ4n) is 1.09. The maximum atomic E-state index is 11.3. The Labute approximate surface area is 99.2 Å². The summed E-state index contributed by atoms with van der Waals surface area (Å²) in [5, 5.41) is 7.59. The van der Waals surface area contributed by atoms with E-state index < -0.39 is 0 Å². The molecule has 0 aliphatic heterocycles. The fraction of sp³-hybridized carbons (Fsp3) is 0.125. The van der Waals surface area contributed by atoms with E-state index in [9.17, 15) is 4.79 Å². The number of nitrogens with zero attached hydrogens (tertiary/aromatic N) is 2. The number of hydrogen-bond acceptors (Lipinski definition) is 7. The molecule has 0 radical (unpaired) electrons. The number of amides is 1. The Hall–Kier alpha value is -1.38. The highest BCUT2D eigenvalue weighted by molar-refractivity contribution is 8.00. The minimum Gasteiger partial charge on any atom is -0.468 e. The molecule has 0 atom stereocenters. The van der Waals surface area contributed by atoms with Crippen molar-refractivity contribution in [2.24, 2.45) is 5.84 Å². The van der Waals surface area contributed by atoms with E-state index in [0.717, 1.165) is 4.34 Å². The Balaban J connectivity index is 2.04. The largest absolute Gasteiger partial charge is 0.468 e. The summed E-state index contributed by atoms with van der Waals surface area (Å²) in [6.45, 7) is 0. The SMILES string of the molecule is NNC(=O)c1ccoc1CSc1nncs1. The Bertz CT molecular complexity index is 468. The molecule has 0 fully saturated rings. The third kappa shape index (κ3) is 2.40. The number of rotatable bonds is 4. The average Bonchev–Trinajstić information content (AvgIpc) is 2.96. The number of nitrogen functional groups attached to an aromatic ring is 1. The Morgan fingerprint density at radius 2 is 2.56 bits per heavy atom. The van der Waals surface area contributed by atoms with Crippen molar-refractivity contribution in [2.45, 2.75) is 10.1 Å². The summed E-state index contributed by atoms with van der Waals surface area (Å²) < 4.78 is 6.03. The van der Waals surface area contributed by atoms with Crippen LogP contribution in [0.5, 0.6) is 0 Å². The maximum Gasteiger partial charge on any atom is 0.268 e. The molecule has 0 aliphatic carbocycles. The van der Waals surface area contributed by atoms with Crippen molar-refractivity contribution < 1.29 is 9.21 Å². The van der Waals surface area contributed by atoms with Gasteiger partial charge in [0.05, 0.1) is 17.6 Å². The number of nitrogens with two attached hydrogens (primary N) is 1.